The van der Waals surface area contributed by atoms with Crippen molar-refractivity contribution in [2.24, 2.45) is 0 Å². The van der Waals surface area contributed by atoms with E-state index in [4.69, 9.17) is 14.2 Å². The van der Waals surface area contributed by atoms with E-state index >= 15 is 0 Å². The van der Waals surface area contributed by atoms with Crippen LogP contribution in [-0.4, -0.2) is 54.8 Å². The molecule has 178 valence electrons. The maximum absolute atomic E-state index is 14.2. The first kappa shape index (κ1) is 21.3. The van der Waals surface area contributed by atoms with E-state index in [-0.39, 0.29) is 24.6 Å². The van der Waals surface area contributed by atoms with Crippen LogP contribution in [0, 0.1) is 0 Å². The lowest BCUT2D eigenvalue weighted by molar-refractivity contribution is -0.122. The molecule has 34 heavy (non-hydrogen) atoms. The van der Waals surface area contributed by atoms with E-state index in [0.717, 1.165) is 53.1 Å². The van der Waals surface area contributed by atoms with Gasteiger partial charge in [0.25, 0.3) is 0 Å². The molecule has 2 aromatic carbocycles. The molecular weight excluding hydrogens is 432 g/mol. The molecule has 7 nitrogen and oxygen atoms in total. The van der Waals surface area contributed by atoms with Crippen molar-refractivity contribution in [3.05, 3.63) is 53.1 Å². The maximum atomic E-state index is 14.2. The van der Waals surface area contributed by atoms with Crippen LogP contribution in [0.3, 0.4) is 0 Å². The number of amides is 2. The summed E-state index contributed by atoms with van der Waals surface area (Å²) in [6.07, 6.45) is 2.27. The Labute approximate surface area is 199 Å². The normalized spacial score (nSPS) is 24.7. The lowest BCUT2D eigenvalue weighted by atomic mass is 9.76. The van der Waals surface area contributed by atoms with Crippen LogP contribution in [0.5, 0.6) is 11.5 Å². The molecule has 1 spiro atoms. The fourth-order valence-electron chi connectivity index (χ4n) is 5.83. The zero-order chi connectivity index (χ0) is 23.7. The number of fused-ring (bicyclic) bond motifs is 5. The first-order chi connectivity index (χ1) is 16.3. The van der Waals surface area contributed by atoms with Crippen LogP contribution in [0.4, 0.5) is 10.5 Å². The number of anilines is 1. The number of nitrogens with zero attached hydrogens (tertiary/aromatic N) is 2. The Morgan fingerprint density at radius 2 is 1.97 bits per heavy atom. The summed E-state index contributed by atoms with van der Waals surface area (Å²) in [6.45, 7) is 7.65. The van der Waals surface area contributed by atoms with Gasteiger partial charge in [-0.3, -0.25) is 4.79 Å². The summed E-state index contributed by atoms with van der Waals surface area (Å²) in [7, 11) is 0. The molecule has 1 saturated heterocycles. The van der Waals surface area contributed by atoms with Gasteiger partial charge >= 0.3 is 6.09 Å². The number of carbonyl (C=O) groups excluding carboxylic acids is 2. The van der Waals surface area contributed by atoms with Gasteiger partial charge in [0.2, 0.25) is 5.91 Å². The molecule has 0 N–H and O–H groups in total. The van der Waals surface area contributed by atoms with E-state index < -0.39 is 11.0 Å². The average Bonchev–Trinajstić information content (AvgIpc) is 3.55. The molecule has 0 aromatic heterocycles. The molecular formula is C27H30N2O5. The quantitative estimate of drug-likeness (QED) is 0.674. The molecule has 2 unspecified atom stereocenters. The van der Waals surface area contributed by atoms with Gasteiger partial charge in [-0.15, -0.1) is 0 Å². The summed E-state index contributed by atoms with van der Waals surface area (Å²) < 4.78 is 17.5. The molecule has 2 amide bonds. The Morgan fingerprint density at radius 3 is 2.79 bits per heavy atom. The Balaban J connectivity index is 1.35. The van der Waals surface area contributed by atoms with Crippen LogP contribution in [0.2, 0.25) is 0 Å². The van der Waals surface area contributed by atoms with Gasteiger partial charge in [-0.1, -0.05) is 18.2 Å². The third-order valence-corrected chi connectivity index (χ3v) is 7.36. The number of benzene rings is 2. The number of hydrogen-bond donors (Lipinski definition) is 0. The Bertz CT molecular complexity index is 1190. The molecule has 0 aliphatic carbocycles. The van der Waals surface area contributed by atoms with Gasteiger partial charge in [0.15, 0.2) is 0 Å². The highest BCUT2D eigenvalue weighted by Crippen LogP contribution is 2.54. The van der Waals surface area contributed by atoms with Gasteiger partial charge in [-0.05, 0) is 56.9 Å². The number of para-hydroxylation sites is 1. The van der Waals surface area contributed by atoms with Gasteiger partial charge in [-0.2, -0.15) is 0 Å². The first-order valence-electron chi connectivity index (χ1n) is 12.1. The van der Waals surface area contributed by atoms with Crippen LogP contribution in [0.25, 0.3) is 0 Å². The lowest BCUT2D eigenvalue weighted by Gasteiger charge is -2.31. The van der Waals surface area contributed by atoms with Crippen molar-refractivity contribution in [1.82, 2.24) is 4.90 Å². The summed E-state index contributed by atoms with van der Waals surface area (Å²) in [6, 6.07) is 11.9. The van der Waals surface area contributed by atoms with E-state index in [1.54, 1.807) is 4.90 Å². The van der Waals surface area contributed by atoms with Crippen molar-refractivity contribution >= 4 is 17.7 Å². The summed E-state index contributed by atoms with van der Waals surface area (Å²) in [5.74, 6) is 1.59. The molecule has 4 aliphatic rings. The molecule has 0 bridgehead atoms. The minimum absolute atomic E-state index is 0.0161. The SMILES string of the molecule is CC(C)(C)OC(=O)N1CCCC1CN1C(=O)C2(COc3cc4c(cc32)CCO4)c2ccccc21. The van der Waals surface area contributed by atoms with Crippen molar-refractivity contribution in [3.63, 3.8) is 0 Å². The molecule has 0 saturated carbocycles. The second-order valence-electron chi connectivity index (χ2n) is 10.7. The lowest BCUT2D eigenvalue weighted by Crippen LogP contribution is -2.49. The van der Waals surface area contributed by atoms with E-state index in [0.29, 0.717) is 19.7 Å². The number of hydrogen-bond acceptors (Lipinski definition) is 5. The smallest absolute Gasteiger partial charge is 0.410 e. The van der Waals surface area contributed by atoms with Crippen molar-refractivity contribution < 1.29 is 23.8 Å². The minimum Gasteiger partial charge on any atom is -0.493 e. The van der Waals surface area contributed by atoms with Gasteiger partial charge in [0, 0.05) is 36.8 Å². The second kappa shape index (κ2) is 7.39. The van der Waals surface area contributed by atoms with Crippen LogP contribution in [-0.2, 0) is 21.4 Å². The third-order valence-electron chi connectivity index (χ3n) is 7.36. The highest BCUT2D eigenvalue weighted by atomic mass is 16.6. The van der Waals surface area contributed by atoms with Crippen LogP contribution in [0.1, 0.15) is 50.3 Å². The molecule has 4 aliphatic heterocycles. The van der Waals surface area contributed by atoms with Gasteiger partial charge in [0.05, 0.1) is 12.6 Å². The Hall–Kier alpha value is -3.22. The van der Waals surface area contributed by atoms with Crippen molar-refractivity contribution in [2.75, 3.05) is 31.2 Å². The highest BCUT2D eigenvalue weighted by molar-refractivity contribution is 6.11. The standard InChI is InChI=1S/C27H30N2O5/c1-26(2,3)34-25(31)28-11-6-7-18(28)15-29-21-9-5-4-8-19(21)27(24(29)30)16-33-23-14-22-17(10-12-32-22)13-20(23)27/h4-5,8-9,13-14,18H,6-7,10-12,15-16H2,1-3H3. The first-order valence-corrected chi connectivity index (χ1v) is 12.1. The van der Waals surface area contributed by atoms with E-state index in [1.165, 1.54) is 0 Å². The summed E-state index contributed by atoms with van der Waals surface area (Å²) in [4.78, 5) is 30.7. The summed E-state index contributed by atoms with van der Waals surface area (Å²) >= 11 is 0. The van der Waals surface area contributed by atoms with E-state index in [9.17, 15) is 9.59 Å². The van der Waals surface area contributed by atoms with Gasteiger partial charge < -0.3 is 24.0 Å². The molecule has 1 fully saturated rings. The molecule has 7 heteroatoms. The van der Waals surface area contributed by atoms with Gasteiger partial charge in [0.1, 0.15) is 29.1 Å². The Morgan fingerprint density at radius 1 is 1.15 bits per heavy atom. The zero-order valence-corrected chi connectivity index (χ0v) is 19.9. The molecule has 2 aromatic rings. The predicted molar refractivity (Wildman–Crippen MR) is 127 cm³/mol. The Kier molecular flexibility index (Phi) is 4.63. The summed E-state index contributed by atoms with van der Waals surface area (Å²) in [5.41, 5.74) is 2.50. The average molecular weight is 463 g/mol. The number of likely N-dealkylation sites (tertiary alicyclic amines) is 1. The fraction of sp³-hybridized carbons (Fsp3) is 0.481. The molecule has 4 heterocycles. The third kappa shape index (κ3) is 3.09. The fourth-order valence-corrected chi connectivity index (χ4v) is 5.83. The summed E-state index contributed by atoms with van der Waals surface area (Å²) in [5, 5.41) is 0. The number of rotatable bonds is 2. The van der Waals surface area contributed by atoms with Gasteiger partial charge in [-0.25, -0.2) is 4.79 Å². The van der Waals surface area contributed by atoms with Crippen LogP contribution < -0.4 is 14.4 Å². The van der Waals surface area contributed by atoms with Crippen LogP contribution >= 0.6 is 0 Å². The molecule has 6 rings (SSSR count). The maximum Gasteiger partial charge on any atom is 0.410 e. The molecule has 0 radical (unpaired) electrons. The van der Waals surface area contributed by atoms with Crippen LogP contribution in [0.15, 0.2) is 36.4 Å². The second-order valence-corrected chi connectivity index (χ2v) is 10.7. The van der Waals surface area contributed by atoms with E-state index in [1.807, 2.05) is 56.0 Å². The highest BCUT2D eigenvalue weighted by Gasteiger charge is 2.57. The minimum atomic E-state index is -0.862. The number of carbonyl (C=O) groups is 2. The predicted octanol–water partition coefficient (Wildman–Crippen LogP) is 4.05. The zero-order valence-electron chi connectivity index (χ0n) is 19.9. The molecule has 2 atom stereocenters. The van der Waals surface area contributed by atoms with Crippen molar-refractivity contribution in [3.8, 4) is 11.5 Å². The topological polar surface area (TPSA) is 68.3 Å². The monoisotopic (exact) mass is 462 g/mol. The van der Waals surface area contributed by atoms with Crippen molar-refractivity contribution in [1.29, 1.82) is 0 Å². The largest absolute Gasteiger partial charge is 0.493 e. The van der Waals surface area contributed by atoms with Crippen molar-refractivity contribution in [2.45, 2.75) is 57.1 Å². The van der Waals surface area contributed by atoms with E-state index in [2.05, 4.69) is 6.07 Å². The number of ether oxygens (including phenoxy) is 3.